The second-order valence-corrected chi connectivity index (χ2v) is 7.64. The van der Waals surface area contributed by atoms with Gasteiger partial charge in [-0.05, 0) is 49.8 Å². The molecule has 7 heteroatoms. The van der Waals surface area contributed by atoms with Gasteiger partial charge < -0.3 is 9.47 Å². The number of methoxy groups -OCH3 is 1. The lowest BCUT2D eigenvalue weighted by molar-refractivity contribution is -0.113. The Balaban J connectivity index is 1.91. The van der Waals surface area contributed by atoms with E-state index in [2.05, 4.69) is 0 Å². The van der Waals surface area contributed by atoms with E-state index >= 15 is 0 Å². The van der Waals surface area contributed by atoms with Gasteiger partial charge in [0.25, 0.3) is 5.91 Å². The minimum Gasteiger partial charge on any atom is -0.493 e. The highest BCUT2D eigenvalue weighted by molar-refractivity contribution is 8.27. The number of thioether (sulfide) groups is 1. The molecule has 0 aromatic heterocycles. The molecule has 1 heterocycles. The molecule has 1 saturated heterocycles. The van der Waals surface area contributed by atoms with E-state index in [9.17, 15) is 9.59 Å². The van der Waals surface area contributed by atoms with E-state index in [1.807, 2.05) is 25.1 Å². The average Bonchev–Trinajstić information content (AvgIpc) is 2.96. The third-order valence-electron chi connectivity index (χ3n) is 4.09. The Morgan fingerprint density at radius 3 is 2.68 bits per heavy atom. The van der Waals surface area contributed by atoms with Crippen LogP contribution in [-0.2, 0) is 4.79 Å². The number of hydrogen-bond donors (Lipinski definition) is 0. The van der Waals surface area contributed by atoms with Crippen LogP contribution in [0.15, 0.2) is 47.4 Å². The molecule has 0 unspecified atom stereocenters. The molecule has 2 aromatic rings. The molecule has 0 atom stereocenters. The molecule has 5 nitrogen and oxygen atoms in total. The molecule has 2 aromatic carbocycles. The van der Waals surface area contributed by atoms with E-state index in [1.54, 1.807) is 37.5 Å². The van der Waals surface area contributed by atoms with Crippen LogP contribution in [0.2, 0.25) is 0 Å². The summed E-state index contributed by atoms with van der Waals surface area (Å²) in [5, 5.41) is 0. The zero-order chi connectivity index (χ0) is 20.3. The van der Waals surface area contributed by atoms with Crippen LogP contribution in [0.4, 0.5) is 5.69 Å². The number of carbonyl (C=O) groups excluding carboxylic acids is 2. The number of rotatable bonds is 6. The topological polar surface area (TPSA) is 55.8 Å². The highest BCUT2D eigenvalue weighted by Crippen LogP contribution is 2.37. The van der Waals surface area contributed by atoms with Crippen molar-refractivity contribution in [3.05, 3.63) is 58.5 Å². The highest BCUT2D eigenvalue weighted by atomic mass is 32.2. The molecule has 1 aliphatic heterocycles. The van der Waals surface area contributed by atoms with Crippen molar-refractivity contribution in [1.82, 2.24) is 0 Å². The lowest BCUT2D eigenvalue weighted by atomic mass is 10.1. The molecule has 0 aliphatic carbocycles. The Hall–Kier alpha value is -2.64. The zero-order valence-corrected chi connectivity index (χ0v) is 17.4. The summed E-state index contributed by atoms with van der Waals surface area (Å²) in [5.41, 5.74) is 1.92. The number of Topliss-reactive ketones (excluding diaryl/α,β-unsaturated/α-hetero) is 1. The Morgan fingerprint density at radius 2 is 2.00 bits per heavy atom. The largest absolute Gasteiger partial charge is 0.493 e. The Kier molecular flexibility index (Phi) is 6.16. The maximum atomic E-state index is 12.9. The second-order valence-electron chi connectivity index (χ2n) is 5.97. The molecular formula is C21H19NO4S2. The lowest BCUT2D eigenvalue weighted by Crippen LogP contribution is -2.27. The van der Waals surface area contributed by atoms with Crippen molar-refractivity contribution in [2.75, 3.05) is 18.6 Å². The fourth-order valence-electron chi connectivity index (χ4n) is 2.75. The normalized spacial score (nSPS) is 15.2. The standard InChI is InChI=1S/C21H19NO4S2/c1-4-26-17-9-8-14(10-18(17)25-3)11-19-20(24)22(21(27)28-19)16-7-5-6-15(12-16)13(2)23/h5-12H,4H2,1-3H3. The fourth-order valence-corrected chi connectivity index (χ4v) is 4.05. The van der Waals surface area contributed by atoms with Crippen molar-refractivity contribution in [3.63, 3.8) is 0 Å². The van der Waals surface area contributed by atoms with E-state index < -0.39 is 0 Å². The van der Waals surface area contributed by atoms with Gasteiger partial charge in [0.2, 0.25) is 0 Å². The molecule has 1 fully saturated rings. The maximum absolute atomic E-state index is 12.9. The van der Waals surface area contributed by atoms with Crippen molar-refractivity contribution in [2.24, 2.45) is 0 Å². The van der Waals surface area contributed by atoms with E-state index in [4.69, 9.17) is 21.7 Å². The van der Waals surface area contributed by atoms with E-state index in [-0.39, 0.29) is 11.7 Å². The number of thiocarbonyl (C=S) groups is 1. The number of carbonyl (C=O) groups is 2. The number of hydrogen-bond acceptors (Lipinski definition) is 6. The predicted octanol–water partition coefficient (Wildman–Crippen LogP) is 4.70. The molecule has 0 bridgehead atoms. The van der Waals surface area contributed by atoms with Crippen molar-refractivity contribution in [3.8, 4) is 11.5 Å². The van der Waals surface area contributed by atoms with Gasteiger partial charge in [-0.2, -0.15) is 0 Å². The molecule has 0 radical (unpaired) electrons. The van der Waals surface area contributed by atoms with Crippen LogP contribution in [0.1, 0.15) is 29.8 Å². The molecule has 28 heavy (non-hydrogen) atoms. The average molecular weight is 414 g/mol. The summed E-state index contributed by atoms with van der Waals surface area (Å²) in [5.74, 6) is 0.962. The molecule has 0 N–H and O–H groups in total. The SMILES string of the molecule is CCOc1ccc(C=C2SC(=S)N(c3cccc(C(C)=O)c3)C2=O)cc1OC. The van der Waals surface area contributed by atoms with E-state index in [0.717, 1.165) is 5.56 Å². The summed E-state index contributed by atoms with van der Waals surface area (Å²) >= 11 is 6.63. The van der Waals surface area contributed by atoms with Crippen LogP contribution in [0.25, 0.3) is 6.08 Å². The monoisotopic (exact) mass is 413 g/mol. The molecule has 3 rings (SSSR count). The summed E-state index contributed by atoms with van der Waals surface area (Å²) in [6, 6.07) is 12.4. The van der Waals surface area contributed by atoms with E-state index in [0.29, 0.717) is 38.6 Å². The zero-order valence-electron chi connectivity index (χ0n) is 15.7. The fraction of sp³-hybridized carbons (Fsp3) is 0.190. The van der Waals surface area contributed by atoms with Gasteiger partial charge in [0, 0.05) is 5.56 Å². The summed E-state index contributed by atoms with van der Waals surface area (Å²) in [7, 11) is 1.57. The number of nitrogens with zero attached hydrogens (tertiary/aromatic N) is 1. The van der Waals surface area contributed by atoms with Crippen molar-refractivity contribution in [2.45, 2.75) is 13.8 Å². The second kappa shape index (κ2) is 8.58. The van der Waals surface area contributed by atoms with Crippen LogP contribution in [-0.4, -0.2) is 29.7 Å². The summed E-state index contributed by atoms with van der Waals surface area (Å²) in [4.78, 5) is 26.5. The van der Waals surface area contributed by atoms with Gasteiger partial charge in [-0.1, -0.05) is 42.2 Å². The van der Waals surface area contributed by atoms with E-state index in [1.165, 1.54) is 23.6 Å². The van der Waals surface area contributed by atoms with Crippen LogP contribution < -0.4 is 14.4 Å². The first-order valence-corrected chi connectivity index (χ1v) is 9.87. The maximum Gasteiger partial charge on any atom is 0.270 e. The predicted molar refractivity (Wildman–Crippen MR) is 116 cm³/mol. The molecule has 1 amide bonds. The number of ketones is 1. The minimum absolute atomic E-state index is 0.0654. The van der Waals surface area contributed by atoms with Crippen molar-refractivity contribution >= 4 is 51.8 Å². The smallest absolute Gasteiger partial charge is 0.270 e. The lowest BCUT2D eigenvalue weighted by Gasteiger charge is -2.15. The van der Waals surface area contributed by atoms with Crippen molar-refractivity contribution < 1.29 is 19.1 Å². The number of amides is 1. The third-order valence-corrected chi connectivity index (χ3v) is 5.39. The van der Waals surface area contributed by atoms with Crippen LogP contribution in [0, 0.1) is 0 Å². The Morgan fingerprint density at radius 1 is 1.21 bits per heavy atom. The van der Waals surface area contributed by atoms with Gasteiger partial charge in [-0.15, -0.1) is 0 Å². The van der Waals surface area contributed by atoms with Crippen LogP contribution >= 0.6 is 24.0 Å². The molecule has 0 saturated carbocycles. The molecule has 1 aliphatic rings. The Labute approximate surface area is 173 Å². The summed E-state index contributed by atoms with van der Waals surface area (Å²) in [6.07, 6.45) is 1.77. The van der Waals surface area contributed by atoms with Crippen molar-refractivity contribution in [1.29, 1.82) is 0 Å². The van der Waals surface area contributed by atoms with Gasteiger partial charge in [0.1, 0.15) is 0 Å². The van der Waals surface area contributed by atoms with Gasteiger partial charge in [-0.25, -0.2) is 0 Å². The van der Waals surface area contributed by atoms with Gasteiger partial charge >= 0.3 is 0 Å². The minimum atomic E-state index is -0.219. The van der Waals surface area contributed by atoms with Crippen LogP contribution in [0.3, 0.4) is 0 Å². The molecule has 0 spiro atoms. The highest BCUT2D eigenvalue weighted by Gasteiger charge is 2.33. The number of anilines is 1. The first-order chi connectivity index (χ1) is 13.4. The van der Waals surface area contributed by atoms with Gasteiger partial charge in [0.05, 0.1) is 24.3 Å². The number of benzene rings is 2. The molecular weight excluding hydrogens is 394 g/mol. The summed E-state index contributed by atoms with van der Waals surface area (Å²) in [6.45, 7) is 3.93. The van der Waals surface area contributed by atoms with Gasteiger partial charge in [0.15, 0.2) is 21.6 Å². The Bertz CT molecular complexity index is 984. The third kappa shape index (κ3) is 4.10. The number of ether oxygens (including phenoxy) is 2. The van der Waals surface area contributed by atoms with Gasteiger partial charge in [-0.3, -0.25) is 14.5 Å². The quantitative estimate of drug-likeness (QED) is 0.389. The summed E-state index contributed by atoms with van der Waals surface area (Å²) < 4.78 is 11.3. The first-order valence-electron chi connectivity index (χ1n) is 8.64. The van der Waals surface area contributed by atoms with Crippen LogP contribution in [0.5, 0.6) is 11.5 Å². The first kappa shape index (κ1) is 20.1. The molecule has 144 valence electrons.